The standard InChI is InChI=1S/C56H45N/c1-5-57-52-17-11-10-12-46(52)51-36-44(32-35-53(51)57)41-24-28-43(29-25-41)55-49-15-8-6-13-47(49)54(48-14-7-9-16-50(48)55)42-26-22-39(23-27-42)37-18-20-38(21-19-37)40-30-33-45(34-31-40)56(2,3)4/h6-36H,5H2,1-4H3. The van der Waals surface area contributed by atoms with Gasteiger partial charge in [-0.05, 0) is 113 Å². The van der Waals surface area contributed by atoms with Gasteiger partial charge in [0.05, 0.1) is 0 Å². The van der Waals surface area contributed by atoms with Crippen LogP contribution in [-0.2, 0) is 12.0 Å². The average Bonchev–Trinajstić information content (AvgIpc) is 3.58. The number of aryl methyl sites for hydroxylation is 1. The molecule has 274 valence electrons. The summed E-state index contributed by atoms with van der Waals surface area (Å²) < 4.78 is 2.41. The second-order valence-corrected chi connectivity index (χ2v) is 16.4. The topological polar surface area (TPSA) is 4.93 Å². The molecule has 0 saturated heterocycles. The lowest BCUT2D eigenvalue weighted by atomic mass is 9.85. The number of rotatable bonds is 6. The van der Waals surface area contributed by atoms with Gasteiger partial charge in [-0.3, -0.25) is 0 Å². The lowest BCUT2D eigenvalue weighted by Crippen LogP contribution is -2.10. The van der Waals surface area contributed by atoms with E-state index in [1.54, 1.807) is 0 Å². The van der Waals surface area contributed by atoms with Gasteiger partial charge < -0.3 is 4.57 Å². The van der Waals surface area contributed by atoms with Crippen LogP contribution in [0.15, 0.2) is 188 Å². The zero-order valence-corrected chi connectivity index (χ0v) is 33.1. The summed E-state index contributed by atoms with van der Waals surface area (Å²) in [7, 11) is 0. The number of para-hydroxylation sites is 1. The van der Waals surface area contributed by atoms with Crippen molar-refractivity contribution >= 4 is 43.4 Å². The highest BCUT2D eigenvalue weighted by molar-refractivity contribution is 6.21. The van der Waals surface area contributed by atoms with Crippen molar-refractivity contribution in [3.63, 3.8) is 0 Å². The summed E-state index contributed by atoms with van der Waals surface area (Å²) in [6.07, 6.45) is 0. The fourth-order valence-corrected chi connectivity index (χ4v) is 9.00. The summed E-state index contributed by atoms with van der Waals surface area (Å²) >= 11 is 0. The van der Waals surface area contributed by atoms with Gasteiger partial charge in [0.1, 0.15) is 0 Å². The highest BCUT2D eigenvalue weighted by Gasteiger charge is 2.18. The molecule has 10 aromatic rings. The number of nitrogens with zero attached hydrogens (tertiary/aromatic N) is 1. The molecular formula is C56H45N. The first-order valence-corrected chi connectivity index (χ1v) is 20.2. The normalized spacial score (nSPS) is 11.9. The first kappa shape index (κ1) is 34.8. The molecule has 0 bridgehead atoms. The van der Waals surface area contributed by atoms with E-state index in [1.165, 1.54) is 105 Å². The van der Waals surface area contributed by atoms with E-state index in [0.717, 1.165) is 6.54 Å². The predicted molar refractivity (Wildman–Crippen MR) is 246 cm³/mol. The molecule has 0 aliphatic carbocycles. The van der Waals surface area contributed by atoms with Gasteiger partial charge in [0.15, 0.2) is 0 Å². The Bertz CT molecular complexity index is 3020. The molecule has 10 rings (SSSR count). The van der Waals surface area contributed by atoms with E-state index in [1.807, 2.05) is 0 Å². The number of hydrogen-bond acceptors (Lipinski definition) is 0. The highest BCUT2D eigenvalue weighted by Crippen LogP contribution is 2.44. The minimum atomic E-state index is 0.150. The van der Waals surface area contributed by atoms with E-state index in [-0.39, 0.29) is 5.41 Å². The zero-order valence-electron chi connectivity index (χ0n) is 33.1. The van der Waals surface area contributed by atoms with E-state index < -0.39 is 0 Å². The van der Waals surface area contributed by atoms with Crippen molar-refractivity contribution < 1.29 is 0 Å². The molecule has 0 amide bonds. The molecule has 0 spiro atoms. The van der Waals surface area contributed by atoms with Crippen LogP contribution in [0.2, 0.25) is 0 Å². The van der Waals surface area contributed by atoms with Crippen LogP contribution in [0, 0.1) is 0 Å². The smallest absolute Gasteiger partial charge is 0.0491 e. The van der Waals surface area contributed by atoms with Crippen molar-refractivity contribution in [1.29, 1.82) is 0 Å². The number of fused-ring (bicyclic) bond motifs is 5. The van der Waals surface area contributed by atoms with E-state index >= 15 is 0 Å². The maximum Gasteiger partial charge on any atom is 0.0491 e. The minimum absolute atomic E-state index is 0.150. The Balaban J connectivity index is 1.000. The monoisotopic (exact) mass is 731 g/mol. The number of hydrogen-bond donors (Lipinski definition) is 0. The molecule has 0 saturated carbocycles. The van der Waals surface area contributed by atoms with Crippen molar-refractivity contribution in [3.8, 4) is 55.6 Å². The molecular weight excluding hydrogens is 687 g/mol. The molecule has 0 radical (unpaired) electrons. The maximum atomic E-state index is 2.41. The predicted octanol–water partition coefficient (Wildman–Crippen LogP) is 15.8. The van der Waals surface area contributed by atoms with Gasteiger partial charge in [0.2, 0.25) is 0 Å². The lowest BCUT2D eigenvalue weighted by molar-refractivity contribution is 0.590. The van der Waals surface area contributed by atoms with Gasteiger partial charge in [-0.25, -0.2) is 0 Å². The average molecular weight is 732 g/mol. The summed E-state index contributed by atoms with van der Waals surface area (Å²) in [5, 5.41) is 7.69. The Labute approximate surface area is 335 Å². The molecule has 1 aromatic heterocycles. The molecule has 57 heavy (non-hydrogen) atoms. The fraction of sp³-hybridized carbons (Fsp3) is 0.107. The molecule has 0 fully saturated rings. The summed E-state index contributed by atoms with van der Waals surface area (Å²) in [5.74, 6) is 0. The molecule has 0 aliphatic heterocycles. The molecule has 0 N–H and O–H groups in total. The Morgan fingerprint density at radius 1 is 0.333 bits per heavy atom. The molecule has 0 atom stereocenters. The van der Waals surface area contributed by atoms with Gasteiger partial charge >= 0.3 is 0 Å². The minimum Gasteiger partial charge on any atom is -0.341 e. The third-order valence-electron chi connectivity index (χ3n) is 12.0. The van der Waals surface area contributed by atoms with Crippen LogP contribution in [0.3, 0.4) is 0 Å². The van der Waals surface area contributed by atoms with Gasteiger partial charge in [0, 0.05) is 28.4 Å². The maximum absolute atomic E-state index is 2.41. The Morgan fingerprint density at radius 3 is 1.09 bits per heavy atom. The van der Waals surface area contributed by atoms with Crippen molar-refractivity contribution in [3.05, 3.63) is 194 Å². The van der Waals surface area contributed by atoms with Gasteiger partial charge in [0.25, 0.3) is 0 Å². The van der Waals surface area contributed by atoms with Crippen LogP contribution < -0.4 is 0 Å². The van der Waals surface area contributed by atoms with E-state index in [2.05, 4.69) is 220 Å². The summed E-state index contributed by atoms with van der Waals surface area (Å²) in [6.45, 7) is 9.96. The van der Waals surface area contributed by atoms with Crippen LogP contribution in [-0.4, -0.2) is 4.57 Å². The molecule has 0 aliphatic rings. The van der Waals surface area contributed by atoms with Gasteiger partial charge in [-0.2, -0.15) is 0 Å². The fourth-order valence-electron chi connectivity index (χ4n) is 9.00. The van der Waals surface area contributed by atoms with Crippen LogP contribution in [0.1, 0.15) is 33.3 Å². The quantitative estimate of drug-likeness (QED) is 0.150. The summed E-state index contributed by atoms with van der Waals surface area (Å²) in [5.41, 5.74) is 16.5. The van der Waals surface area contributed by atoms with Crippen LogP contribution in [0.25, 0.3) is 99.0 Å². The van der Waals surface area contributed by atoms with Crippen molar-refractivity contribution in [2.24, 2.45) is 0 Å². The van der Waals surface area contributed by atoms with Gasteiger partial charge in [-0.1, -0.05) is 191 Å². The van der Waals surface area contributed by atoms with E-state index in [4.69, 9.17) is 0 Å². The Morgan fingerprint density at radius 2 is 0.667 bits per heavy atom. The van der Waals surface area contributed by atoms with Crippen LogP contribution in [0.5, 0.6) is 0 Å². The number of aromatic nitrogens is 1. The molecule has 1 heteroatoms. The second kappa shape index (κ2) is 13.8. The Hall–Kier alpha value is -6.70. The van der Waals surface area contributed by atoms with Crippen molar-refractivity contribution in [2.75, 3.05) is 0 Å². The summed E-state index contributed by atoms with van der Waals surface area (Å²) in [4.78, 5) is 0. The largest absolute Gasteiger partial charge is 0.341 e. The molecule has 9 aromatic carbocycles. The van der Waals surface area contributed by atoms with Crippen molar-refractivity contribution in [2.45, 2.75) is 39.7 Å². The lowest BCUT2D eigenvalue weighted by Gasteiger charge is -2.19. The van der Waals surface area contributed by atoms with Crippen LogP contribution >= 0.6 is 0 Å². The zero-order chi connectivity index (χ0) is 38.7. The first-order valence-electron chi connectivity index (χ1n) is 20.2. The third-order valence-corrected chi connectivity index (χ3v) is 12.0. The van der Waals surface area contributed by atoms with Crippen molar-refractivity contribution in [1.82, 2.24) is 4.57 Å². The first-order chi connectivity index (χ1) is 27.9. The number of benzene rings is 9. The molecule has 1 nitrogen and oxygen atoms in total. The van der Waals surface area contributed by atoms with Crippen LogP contribution in [0.4, 0.5) is 0 Å². The van der Waals surface area contributed by atoms with E-state index in [9.17, 15) is 0 Å². The van der Waals surface area contributed by atoms with Gasteiger partial charge in [-0.15, -0.1) is 0 Å². The highest BCUT2D eigenvalue weighted by atomic mass is 15.0. The van der Waals surface area contributed by atoms with E-state index in [0.29, 0.717) is 0 Å². The summed E-state index contributed by atoms with van der Waals surface area (Å²) in [6, 6.07) is 69.9. The molecule has 1 heterocycles. The molecule has 0 unspecified atom stereocenters. The third kappa shape index (κ3) is 6.03. The SMILES string of the molecule is CCn1c2ccccc2c2cc(-c3ccc(-c4c5ccccc5c(-c5ccc(-c6ccc(-c7ccc(C(C)(C)C)cc7)cc6)cc5)c5ccccc45)cc3)ccc21. The Kier molecular flexibility index (Phi) is 8.42. The second-order valence-electron chi connectivity index (χ2n) is 16.4.